The Morgan fingerprint density at radius 1 is 1.21 bits per heavy atom. The molecule has 0 aliphatic carbocycles. The maximum atomic E-state index is 5.73. The fourth-order valence-electron chi connectivity index (χ4n) is 1.52. The molecule has 0 unspecified atom stereocenters. The van der Waals surface area contributed by atoms with Gasteiger partial charge in [-0.15, -0.1) is 0 Å². The summed E-state index contributed by atoms with van der Waals surface area (Å²) in [6.45, 7) is 0. The van der Waals surface area contributed by atoms with Gasteiger partial charge in [-0.1, -0.05) is 5.16 Å². The number of halogens is 1. The highest BCUT2D eigenvalue weighted by Crippen LogP contribution is 2.27. The monoisotopic (exact) mass is 317 g/mol. The third-order valence-electron chi connectivity index (χ3n) is 2.47. The van der Waals surface area contributed by atoms with E-state index >= 15 is 0 Å². The Hall–Kier alpha value is -2.28. The Morgan fingerprint density at radius 3 is 2.84 bits per heavy atom. The van der Waals surface area contributed by atoms with E-state index in [-0.39, 0.29) is 0 Å². The molecule has 0 aliphatic rings. The number of anilines is 1. The smallest absolute Gasteiger partial charge is 0.258 e. The van der Waals surface area contributed by atoms with E-state index in [9.17, 15) is 0 Å². The van der Waals surface area contributed by atoms with Gasteiger partial charge in [-0.2, -0.15) is 4.98 Å². The van der Waals surface area contributed by atoms with Crippen LogP contribution in [-0.2, 0) is 0 Å². The Labute approximate surface area is 116 Å². The number of aromatic nitrogens is 4. The summed E-state index contributed by atoms with van der Waals surface area (Å²) in [5, 5.41) is 3.88. The number of nitrogen functional groups attached to an aromatic ring is 1. The van der Waals surface area contributed by atoms with E-state index in [1.165, 1.54) is 0 Å². The fourth-order valence-corrected chi connectivity index (χ4v) is 1.90. The molecule has 0 aliphatic heterocycles. The minimum absolute atomic E-state index is 0.399. The highest BCUT2D eigenvalue weighted by atomic mass is 79.9. The molecule has 1 aromatic carbocycles. The van der Waals surface area contributed by atoms with E-state index in [0.717, 1.165) is 10.0 Å². The van der Waals surface area contributed by atoms with Crippen LogP contribution in [0.2, 0.25) is 0 Å². The van der Waals surface area contributed by atoms with Gasteiger partial charge in [0.1, 0.15) is 5.69 Å². The largest absolute Gasteiger partial charge is 0.398 e. The van der Waals surface area contributed by atoms with Crippen molar-refractivity contribution in [3.05, 3.63) is 41.3 Å². The summed E-state index contributed by atoms with van der Waals surface area (Å²) in [6.07, 6.45) is 4.74. The second-order valence-electron chi connectivity index (χ2n) is 3.75. The SMILES string of the molecule is Nc1ccc(-c2nc(-c3cnccn3)no2)cc1Br. The predicted octanol–water partition coefficient (Wildman–Crippen LogP) is 2.54. The van der Waals surface area contributed by atoms with E-state index in [0.29, 0.717) is 23.1 Å². The van der Waals surface area contributed by atoms with Crippen LogP contribution in [0.4, 0.5) is 5.69 Å². The molecule has 7 heteroatoms. The second kappa shape index (κ2) is 4.77. The number of hydrogen-bond acceptors (Lipinski definition) is 6. The van der Waals surface area contributed by atoms with Crippen LogP contribution >= 0.6 is 15.9 Å². The van der Waals surface area contributed by atoms with E-state index < -0.39 is 0 Å². The highest BCUT2D eigenvalue weighted by Gasteiger charge is 2.12. The third kappa shape index (κ3) is 2.32. The van der Waals surface area contributed by atoms with Crippen LogP contribution in [0.3, 0.4) is 0 Å². The van der Waals surface area contributed by atoms with E-state index in [1.54, 1.807) is 24.7 Å². The lowest BCUT2D eigenvalue weighted by Crippen LogP contribution is -1.88. The maximum absolute atomic E-state index is 5.73. The fraction of sp³-hybridized carbons (Fsp3) is 0. The number of rotatable bonds is 2. The average Bonchev–Trinajstić information content (AvgIpc) is 2.93. The zero-order valence-corrected chi connectivity index (χ0v) is 11.2. The molecule has 0 saturated carbocycles. The zero-order chi connectivity index (χ0) is 13.2. The average molecular weight is 318 g/mol. The van der Waals surface area contributed by atoms with E-state index in [4.69, 9.17) is 10.3 Å². The molecular weight excluding hydrogens is 310 g/mol. The Bertz CT molecular complexity index is 713. The molecule has 2 aromatic heterocycles. The topological polar surface area (TPSA) is 90.7 Å². The first-order valence-corrected chi connectivity index (χ1v) is 6.19. The van der Waals surface area contributed by atoms with Crippen molar-refractivity contribution in [2.45, 2.75) is 0 Å². The van der Waals surface area contributed by atoms with Crippen molar-refractivity contribution < 1.29 is 4.52 Å². The van der Waals surface area contributed by atoms with Gasteiger partial charge in [-0.25, -0.2) is 4.98 Å². The van der Waals surface area contributed by atoms with Crippen LogP contribution < -0.4 is 5.73 Å². The van der Waals surface area contributed by atoms with Crippen molar-refractivity contribution in [1.29, 1.82) is 0 Å². The molecule has 0 amide bonds. The van der Waals surface area contributed by atoms with Crippen LogP contribution in [-0.4, -0.2) is 20.1 Å². The minimum atomic E-state index is 0.399. The first-order valence-electron chi connectivity index (χ1n) is 5.39. The summed E-state index contributed by atoms with van der Waals surface area (Å²) in [5.74, 6) is 0.803. The first kappa shape index (κ1) is 11.8. The normalized spacial score (nSPS) is 10.6. The molecule has 2 heterocycles. The molecule has 0 bridgehead atoms. The number of hydrogen-bond donors (Lipinski definition) is 1. The quantitative estimate of drug-likeness (QED) is 0.730. The number of benzene rings is 1. The lowest BCUT2D eigenvalue weighted by Gasteiger charge is -1.98. The Balaban J connectivity index is 1.99. The Morgan fingerprint density at radius 2 is 2.11 bits per heavy atom. The van der Waals surface area contributed by atoms with Gasteiger partial charge in [0.2, 0.25) is 5.82 Å². The van der Waals surface area contributed by atoms with Gasteiger partial charge in [-0.3, -0.25) is 4.98 Å². The molecule has 3 rings (SSSR count). The molecule has 2 N–H and O–H groups in total. The van der Waals surface area contributed by atoms with Crippen LogP contribution in [0.1, 0.15) is 0 Å². The summed E-state index contributed by atoms with van der Waals surface area (Å²) in [5.41, 5.74) is 7.72. The minimum Gasteiger partial charge on any atom is -0.398 e. The number of nitrogens with two attached hydrogens (primary N) is 1. The van der Waals surface area contributed by atoms with Crippen LogP contribution in [0.25, 0.3) is 23.0 Å². The van der Waals surface area contributed by atoms with Gasteiger partial charge >= 0.3 is 0 Å². The molecular formula is C12H8BrN5O. The van der Waals surface area contributed by atoms with Gasteiger partial charge in [0.15, 0.2) is 0 Å². The summed E-state index contributed by atoms with van der Waals surface area (Å²) in [4.78, 5) is 12.4. The molecule has 3 aromatic rings. The second-order valence-corrected chi connectivity index (χ2v) is 4.60. The summed E-state index contributed by atoms with van der Waals surface area (Å²) < 4.78 is 5.99. The van der Waals surface area contributed by atoms with Crippen molar-refractivity contribution >= 4 is 21.6 Å². The molecule has 0 spiro atoms. The maximum Gasteiger partial charge on any atom is 0.258 e. The van der Waals surface area contributed by atoms with Crippen molar-refractivity contribution in [3.8, 4) is 23.0 Å². The Kier molecular flexibility index (Phi) is 2.96. The van der Waals surface area contributed by atoms with Crippen molar-refractivity contribution in [1.82, 2.24) is 20.1 Å². The molecule has 0 radical (unpaired) electrons. The van der Waals surface area contributed by atoms with Gasteiger partial charge < -0.3 is 10.3 Å². The van der Waals surface area contributed by atoms with Crippen LogP contribution in [0, 0.1) is 0 Å². The van der Waals surface area contributed by atoms with E-state index in [2.05, 4.69) is 36.0 Å². The molecule has 19 heavy (non-hydrogen) atoms. The van der Waals surface area contributed by atoms with Crippen molar-refractivity contribution in [3.63, 3.8) is 0 Å². The third-order valence-corrected chi connectivity index (χ3v) is 3.15. The first-order chi connectivity index (χ1) is 9.24. The van der Waals surface area contributed by atoms with Gasteiger partial charge in [0.25, 0.3) is 5.89 Å². The molecule has 94 valence electrons. The molecule has 0 atom stereocenters. The molecule has 0 fully saturated rings. The van der Waals surface area contributed by atoms with Crippen molar-refractivity contribution in [2.75, 3.05) is 5.73 Å². The number of nitrogens with zero attached hydrogens (tertiary/aromatic N) is 4. The lowest BCUT2D eigenvalue weighted by molar-refractivity contribution is 0.432. The van der Waals surface area contributed by atoms with Gasteiger partial charge in [0, 0.05) is 28.1 Å². The highest BCUT2D eigenvalue weighted by molar-refractivity contribution is 9.10. The predicted molar refractivity (Wildman–Crippen MR) is 72.9 cm³/mol. The summed E-state index contributed by atoms with van der Waals surface area (Å²) >= 11 is 3.36. The standard InChI is InChI=1S/C12H8BrN5O/c13-8-5-7(1-2-9(8)14)12-17-11(18-19-12)10-6-15-3-4-16-10/h1-6H,14H2. The van der Waals surface area contributed by atoms with Crippen LogP contribution in [0.15, 0.2) is 45.8 Å². The lowest BCUT2D eigenvalue weighted by atomic mass is 10.2. The summed E-state index contributed by atoms with van der Waals surface area (Å²) in [6, 6.07) is 5.41. The summed E-state index contributed by atoms with van der Waals surface area (Å²) in [7, 11) is 0. The van der Waals surface area contributed by atoms with Gasteiger partial charge in [0.05, 0.1) is 6.20 Å². The van der Waals surface area contributed by atoms with Crippen LogP contribution in [0.5, 0.6) is 0 Å². The van der Waals surface area contributed by atoms with Gasteiger partial charge in [-0.05, 0) is 34.1 Å². The van der Waals surface area contributed by atoms with E-state index in [1.807, 2.05) is 12.1 Å². The molecule has 0 saturated heterocycles. The molecule has 6 nitrogen and oxygen atoms in total. The zero-order valence-electron chi connectivity index (χ0n) is 9.62. The van der Waals surface area contributed by atoms with Crippen molar-refractivity contribution in [2.24, 2.45) is 0 Å².